The highest BCUT2D eigenvalue weighted by Gasteiger charge is 2.32. The van der Waals surface area contributed by atoms with Gasteiger partial charge in [0.2, 0.25) is 15.9 Å². The van der Waals surface area contributed by atoms with Crippen molar-refractivity contribution in [3.63, 3.8) is 0 Å². The minimum absolute atomic E-state index is 0.0231. The predicted molar refractivity (Wildman–Crippen MR) is 99.1 cm³/mol. The summed E-state index contributed by atoms with van der Waals surface area (Å²) in [4.78, 5) is 4.48. The highest BCUT2D eigenvalue weighted by atomic mass is 32.2. The molecule has 3 rings (SSSR count). The van der Waals surface area contributed by atoms with E-state index in [1.165, 1.54) is 0 Å². The minimum atomic E-state index is -3.36. The van der Waals surface area contributed by atoms with Gasteiger partial charge in [0.1, 0.15) is 0 Å². The van der Waals surface area contributed by atoms with E-state index in [4.69, 9.17) is 4.52 Å². The number of hydrogen-bond acceptors (Lipinski definition) is 6. The van der Waals surface area contributed by atoms with Gasteiger partial charge in [-0.15, -0.1) is 0 Å². The molecule has 0 bridgehead atoms. The lowest BCUT2D eigenvalue weighted by molar-refractivity contribution is 0.265. The highest BCUT2D eigenvalue weighted by molar-refractivity contribution is 7.88. The molecule has 0 spiro atoms. The first-order chi connectivity index (χ1) is 12.5. The van der Waals surface area contributed by atoms with Crippen molar-refractivity contribution in [1.29, 1.82) is 0 Å². The molecule has 0 saturated carbocycles. The summed E-state index contributed by atoms with van der Waals surface area (Å²) in [6.07, 6.45) is 2.34. The third-order valence-electron chi connectivity index (χ3n) is 4.78. The topological polar surface area (TPSA) is 88.3 Å². The molecular weight excluding hydrogens is 352 g/mol. The zero-order valence-electron chi connectivity index (χ0n) is 15.3. The van der Waals surface area contributed by atoms with E-state index >= 15 is 0 Å². The van der Waals surface area contributed by atoms with E-state index in [1.807, 2.05) is 37.4 Å². The van der Waals surface area contributed by atoms with Gasteiger partial charge < -0.3 is 9.84 Å². The molecule has 1 aliphatic heterocycles. The lowest BCUT2D eigenvalue weighted by atomic mass is 10.00. The molecule has 1 fully saturated rings. The van der Waals surface area contributed by atoms with Crippen molar-refractivity contribution >= 4 is 10.0 Å². The molecule has 0 aliphatic carbocycles. The van der Waals surface area contributed by atoms with Crippen LogP contribution >= 0.6 is 0 Å². The molecule has 1 N–H and O–H groups in total. The van der Waals surface area contributed by atoms with E-state index in [2.05, 4.69) is 22.4 Å². The zero-order chi connectivity index (χ0) is 18.6. The number of nitrogens with one attached hydrogen (secondary N) is 1. The Morgan fingerprint density at radius 2 is 2.12 bits per heavy atom. The van der Waals surface area contributed by atoms with E-state index in [0.717, 1.165) is 18.4 Å². The predicted octanol–water partition coefficient (Wildman–Crippen LogP) is 1.93. The Morgan fingerprint density at radius 3 is 2.85 bits per heavy atom. The van der Waals surface area contributed by atoms with Crippen LogP contribution in [0.3, 0.4) is 0 Å². The van der Waals surface area contributed by atoms with Gasteiger partial charge in [0.15, 0.2) is 5.82 Å². The average Bonchev–Trinajstić information content (AvgIpc) is 3.10. The fourth-order valence-electron chi connectivity index (χ4n) is 3.16. The molecule has 2 atom stereocenters. The Morgan fingerprint density at radius 1 is 1.35 bits per heavy atom. The molecule has 1 saturated heterocycles. The summed E-state index contributed by atoms with van der Waals surface area (Å²) in [5.41, 5.74) is 0.802. The normalized spacial score (nSPS) is 20.2. The van der Waals surface area contributed by atoms with Crippen molar-refractivity contribution in [3.8, 4) is 0 Å². The van der Waals surface area contributed by atoms with Gasteiger partial charge in [0, 0.05) is 25.6 Å². The van der Waals surface area contributed by atoms with E-state index < -0.39 is 10.0 Å². The minimum Gasteiger partial charge on any atom is -0.339 e. The maximum atomic E-state index is 12.8. The van der Waals surface area contributed by atoms with Gasteiger partial charge in [0.25, 0.3) is 0 Å². The molecule has 1 aromatic carbocycles. The molecule has 1 aliphatic rings. The summed E-state index contributed by atoms with van der Waals surface area (Å²) >= 11 is 0. The Labute approximate surface area is 154 Å². The molecular formula is C18H26N4O3S. The first kappa shape index (κ1) is 19.0. The summed E-state index contributed by atoms with van der Waals surface area (Å²) in [7, 11) is -1.47. The van der Waals surface area contributed by atoms with E-state index in [0.29, 0.717) is 31.2 Å². The molecule has 142 valence electrons. The lowest BCUT2D eigenvalue weighted by Crippen LogP contribution is -2.39. The second-order valence-electron chi connectivity index (χ2n) is 6.88. The molecule has 2 heterocycles. The average molecular weight is 378 g/mol. The summed E-state index contributed by atoms with van der Waals surface area (Å²) in [5.74, 6) is 1.18. The smallest absolute Gasteiger partial charge is 0.231 e. The second-order valence-corrected chi connectivity index (χ2v) is 8.85. The van der Waals surface area contributed by atoms with E-state index in [9.17, 15) is 8.42 Å². The Bertz CT molecular complexity index is 807. The van der Waals surface area contributed by atoms with Crippen LogP contribution in [-0.4, -0.2) is 49.0 Å². The van der Waals surface area contributed by atoms with E-state index in [1.54, 1.807) is 4.31 Å². The molecule has 26 heavy (non-hydrogen) atoms. The fourth-order valence-corrected chi connectivity index (χ4v) is 4.78. The number of likely N-dealkylation sites (N-methyl/N-ethyl adjacent to an activating group) is 1. The van der Waals surface area contributed by atoms with Crippen LogP contribution in [0.25, 0.3) is 0 Å². The molecule has 7 nitrogen and oxygen atoms in total. The Hall–Kier alpha value is -1.77. The second kappa shape index (κ2) is 8.28. The first-order valence-electron chi connectivity index (χ1n) is 8.99. The van der Waals surface area contributed by atoms with E-state index in [-0.39, 0.29) is 17.7 Å². The van der Waals surface area contributed by atoms with Gasteiger partial charge >= 0.3 is 0 Å². The van der Waals surface area contributed by atoms with Crippen molar-refractivity contribution in [2.45, 2.75) is 43.9 Å². The maximum Gasteiger partial charge on any atom is 0.231 e. The van der Waals surface area contributed by atoms with Crippen molar-refractivity contribution in [2.75, 3.05) is 20.1 Å². The molecule has 0 radical (unpaired) electrons. The van der Waals surface area contributed by atoms with Crippen LogP contribution in [0.1, 0.15) is 43.0 Å². The van der Waals surface area contributed by atoms with Gasteiger partial charge in [-0.05, 0) is 32.4 Å². The fraction of sp³-hybridized carbons (Fsp3) is 0.556. The van der Waals surface area contributed by atoms with Gasteiger partial charge in [-0.3, -0.25) is 0 Å². The first-order valence-corrected chi connectivity index (χ1v) is 10.6. The van der Waals surface area contributed by atoms with Crippen molar-refractivity contribution in [2.24, 2.45) is 0 Å². The molecule has 2 unspecified atom stereocenters. The van der Waals surface area contributed by atoms with Gasteiger partial charge in [0.05, 0.1) is 11.7 Å². The van der Waals surface area contributed by atoms with Gasteiger partial charge in [-0.25, -0.2) is 12.7 Å². The third-order valence-corrected chi connectivity index (χ3v) is 6.60. The number of piperidine rings is 1. The van der Waals surface area contributed by atoms with Gasteiger partial charge in [-0.1, -0.05) is 35.5 Å². The SMILES string of the molecule is CNC(C)Cc1noc(C2CCCN(S(=O)(=O)Cc3ccccc3)C2)n1. The quantitative estimate of drug-likeness (QED) is 0.792. The summed E-state index contributed by atoms with van der Waals surface area (Å²) in [6, 6.07) is 9.54. The zero-order valence-corrected chi connectivity index (χ0v) is 16.1. The molecule has 8 heteroatoms. The van der Waals surface area contributed by atoms with Gasteiger partial charge in [-0.2, -0.15) is 4.98 Å². The monoisotopic (exact) mass is 378 g/mol. The molecule has 0 amide bonds. The summed E-state index contributed by atoms with van der Waals surface area (Å²) in [6.45, 7) is 3.00. The van der Waals surface area contributed by atoms with Crippen molar-refractivity contribution < 1.29 is 12.9 Å². The van der Waals surface area contributed by atoms with Crippen LogP contribution in [0.15, 0.2) is 34.9 Å². The number of hydrogen-bond donors (Lipinski definition) is 1. The number of benzene rings is 1. The van der Waals surface area contributed by atoms with Crippen molar-refractivity contribution in [1.82, 2.24) is 19.8 Å². The third kappa shape index (κ3) is 4.69. The van der Waals surface area contributed by atoms with Crippen LogP contribution in [-0.2, 0) is 22.2 Å². The molecule has 2 aromatic rings. The largest absolute Gasteiger partial charge is 0.339 e. The van der Waals surface area contributed by atoms with Crippen LogP contribution in [0.4, 0.5) is 0 Å². The summed E-state index contributed by atoms with van der Waals surface area (Å²) in [5, 5.41) is 7.18. The number of rotatable bonds is 7. The van der Waals surface area contributed by atoms with Crippen LogP contribution in [0.5, 0.6) is 0 Å². The van der Waals surface area contributed by atoms with Crippen molar-refractivity contribution in [3.05, 3.63) is 47.6 Å². The standard InChI is InChI=1S/C18H26N4O3S/c1-14(19-2)11-17-20-18(25-21-17)16-9-6-10-22(12-16)26(23,24)13-15-7-4-3-5-8-15/h3-5,7-8,14,16,19H,6,9-13H2,1-2H3. The lowest BCUT2D eigenvalue weighted by Gasteiger charge is -2.30. The summed E-state index contributed by atoms with van der Waals surface area (Å²) < 4.78 is 32.5. The highest BCUT2D eigenvalue weighted by Crippen LogP contribution is 2.28. The molecule has 1 aromatic heterocycles. The number of aromatic nitrogens is 2. The van der Waals surface area contributed by atoms with Crippen LogP contribution in [0.2, 0.25) is 0 Å². The number of nitrogens with zero attached hydrogens (tertiary/aromatic N) is 3. The van der Waals surface area contributed by atoms with Crippen LogP contribution < -0.4 is 5.32 Å². The Balaban J connectivity index is 1.67. The van der Waals surface area contributed by atoms with Crippen LogP contribution in [0, 0.1) is 0 Å². The number of sulfonamides is 1. The maximum absolute atomic E-state index is 12.8. The Kier molecular flexibility index (Phi) is 6.05.